The van der Waals surface area contributed by atoms with Crippen molar-refractivity contribution in [3.63, 3.8) is 0 Å². The quantitative estimate of drug-likeness (QED) is 0.733. The monoisotopic (exact) mass is 412 g/mol. The summed E-state index contributed by atoms with van der Waals surface area (Å²) in [6.45, 7) is 1.02. The molecule has 1 unspecified atom stereocenters. The molecule has 2 saturated heterocycles. The Hall–Kier alpha value is -2.44. The number of hydrogen-bond donors (Lipinski definition) is 2. The minimum absolute atomic E-state index is 0.298. The molecule has 2 aromatic rings. The van der Waals surface area contributed by atoms with Gasteiger partial charge in [-0.1, -0.05) is 24.3 Å². The minimum atomic E-state index is -0.540. The highest BCUT2D eigenvalue weighted by molar-refractivity contribution is 5.77. The first kappa shape index (κ1) is 20.8. The van der Waals surface area contributed by atoms with E-state index in [4.69, 9.17) is 0 Å². The number of carbonyl (C=O) groups is 1. The molecular weight excluding hydrogens is 383 g/mol. The number of halogens is 1. The molecular formula is C24H29FN2O3. The number of aliphatic hydroxyl groups is 1. The van der Waals surface area contributed by atoms with Crippen molar-refractivity contribution >= 4 is 5.91 Å². The van der Waals surface area contributed by atoms with Gasteiger partial charge in [0.05, 0.1) is 0 Å². The van der Waals surface area contributed by atoms with Gasteiger partial charge in [0, 0.05) is 31.7 Å². The lowest BCUT2D eigenvalue weighted by atomic mass is 9.85. The maximum atomic E-state index is 13.5. The van der Waals surface area contributed by atoms with Crippen molar-refractivity contribution in [2.24, 2.45) is 0 Å². The molecule has 2 fully saturated rings. The third-order valence-electron chi connectivity index (χ3n) is 6.60. The fourth-order valence-electron chi connectivity index (χ4n) is 5.17. The molecule has 6 heteroatoms. The number of phenols is 1. The summed E-state index contributed by atoms with van der Waals surface area (Å²) in [7, 11) is 0. The average Bonchev–Trinajstić information content (AvgIpc) is 2.97. The molecule has 2 aliphatic rings. The summed E-state index contributed by atoms with van der Waals surface area (Å²) in [4.78, 5) is 16.4. The lowest BCUT2D eigenvalue weighted by molar-refractivity contribution is -0.135. The molecule has 1 amide bonds. The SMILES string of the molecule is O=C(CO)N(CCN1[C@@H]2CC[C@H]1CC(c1cccc(O)c1)C2)Cc1cccc(F)c1. The van der Waals surface area contributed by atoms with E-state index in [0.29, 0.717) is 36.8 Å². The van der Waals surface area contributed by atoms with Gasteiger partial charge in [-0.3, -0.25) is 9.69 Å². The number of rotatable bonds is 7. The van der Waals surface area contributed by atoms with E-state index in [1.165, 1.54) is 17.7 Å². The number of nitrogens with zero attached hydrogens (tertiary/aromatic N) is 2. The number of carbonyl (C=O) groups excluding carboxylic acids is 1. The van der Waals surface area contributed by atoms with Gasteiger partial charge in [0.25, 0.3) is 0 Å². The van der Waals surface area contributed by atoms with Crippen molar-refractivity contribution in [1.82, 2.24) is 9.80 Å². The topological polar surface area (TPSA) is 64.0 Å². The van der Waals surface area contributed by atoms with Gasteiger partial charge in [-0.25, -0.2) is 4.39 Å². The molecule has 0 aliphatic carbocycles. The Bertz CT molecular complexity index is 876. The Morgan fingerprint density at radius 3 is 2.50 bits per heavy atom. The Labute approximate surface area is 176 Å². The highest BCUT2D eigenvalue weighted by atomic mass is 19.1. The standard InChI is InChI=1S/C24H29FN2O3/c25-20-5-1-3-17(11-20)15-26(24(30)16-28)9-10-27-21-7-8-22(27)13-19(12-21)18-4-2-6-23(29)14-18/h1-6,11,14,19,21-22,28-29H,7-10,12-13,15-16H2/t19?,21-,22+. The van der Waals surface area contributed by atoms with Gasteiger partial charge in [0.15, 0.2) is 0 Å². The van der Waals surface area contributed by atoms with Crippen molar-refractivity contribution in [1.29, 1.82) is 0 Å². The van der Waals surface area contributed by atoms with Crippen molar-refractivity contribution in [3.8, 4) is 5.75 Å². The number of fused-ring (bicyclic) bond motifs is 2. The van der Waals surface area contributed by atoms with Crippen LogP contribution in [0.1, 0.15) is 42.7 Å². The van der Waals surface area contributed by atoms with Gasteiger partial charge in [0.1, 0.15) is 18.2 Å². The van der Waals surface area contributed by atoms with E-state index in [2.05, 4.69) is 11.0 Å². The number of amides is 1. The molecule has 4 rings (SSSR count). The van der Waals surface area contributed by atoms with E-state index >= 15 is 0 Å². The predicted molar refractivity (Wildman–Crippen MR) is 113 cm³/mol. The number of aromatic hydroxyl groups is 1. The van der Waals surface area contributed by atoms with Crippen LogP contribution >= 0.6 is 0 Å². The number of aliphatic hydroxyl groups excluding tert-OH is 1. The molecule has 0 spiro atoms. The molecule has 2 aliphatic heterocycles. The number of piperidine rings is 1. The fraction of sp³-hybridized carbons (Fsp3) is 0.458. The van der Waals surface area contributed by atoms with Crippen molar-refractivity contribution in [2.75, 3.05) is 19.7 Å². The zero-order valence-electron chi connectivity index (χ0n) is 17.1. The lowest BCUT2D eigenvalue weighted by Crippen LogP contribution is -2.47. The van der Waals surface area contributed by atoms with Crippen LogP contribution in [0, 0.1) is 5.82 Å². The minimum Gasteiger partial charge on any atom is -0.508 e. The van der Waals surface area contributed by atoms with E-state index in [0.717, 1.165) is 37.8 Å². The summed E-state index contributed by atoms with van der Waals surface area (Å²) in [5.74, 6) is 0.114. The summed E-state index contributed by atoms with van der Waals surface area (Å²) in [5, 5.41) is 19.2. The van der Waals surface area contributed by atoms with Crippen LogP contribution < -0.4 is 0 Å². The third-order valence-corrected chi connectivity index (χ3v) is 6.60. The second kappa shape index (κ2) is 9.14. The smallest absolute Gasteiger partial charge is 0.248 e. The molecule has 30 heavy (non-hydrogen) atoms. The Kier molecular flexibility index (Phi) is 6.35. The number of hydrogen-bond acceptors (Lipinski definition) is 4. The van der Waals surface area contributed by atoms with Crippen LogP contribution in [0.2, 0.25) is 0 Å². The third kappa shape index (κ3) is 4.65. The maximum Gasteiger partial charge on any atom is 0.248 e. The molecule has 2 heterocycles. The zero-order chi connectivity index (χ0) is 21.1. The van der Waals surface area contributed by atoms with Crippen LogP contribution in [-0.4, -0.2) is 57.7 Å². The highest BCUT2D eigenvalue weighted by Gasteiger charge is 2.41. The molecule has 5 nitrogen and oxygen atoms in total. The predicted octanol–water partition coefficient (Wildman–Crippen LogP) is 3.26. The summed E-state index contributed by atoms with van der Waals surface area (Å²) >= 11 is 0. The second-order valence-corrected chi connectivity index (χ2v) is 8.49. The van der Waals surface area contributed by atoms with E-state index < -0.39 is 6.61 Å². The van der Waals surface area contributed by atoms with Crippen LogP contribution in [-0.2, 0) is 11.3 Å². The van der Waals surface area contributed by atoms with Crippen LogP contribution in [0.25, 0.3) is 0 Å². The van der Waals surface area contributed by atoms with Crippen LogP contribution in [0.15, 0.2) is 48.5 Å². The molecule has 160 valence electrons. The normalized spacial score (nSPS) is 23.5. The molecule has 2 aromatic carbocycles. The Morgan fingerprint density at radius 2 is 1.83 bits per heavy atom. The first-order valence-corrected chi connectivity index (χ1v) is 10.7. The van der Waals surface area contributed by atoms with Gasteiger partial charge in [0.2, 0.25) is 5.91 Å². The van der Waals surface area contributed by atoms with Crippen LogP contribution in [0.3, 0.4) is 0 Å². The van der Waals surface area contributed by atoms with Gasteiger partial charge < -0.3 is 15.1 Å². The van der Waals surface area contributed by atoms with Crippen molar-refractivity contribution < 1.29 is 19.4 Å². The summed E-state index contributed by atoms with van der Waals surface area (Å²) < 4.78 is 13.5. The molecule has 0 saturated carbocycles. The molecule has 2 N–H and O–H groups in total. The first-order valence-electron chi connectivity index (χ1n) is 10.7. The van der Waals surface area contributed by atoms with Crippen molar-refractivity contribution in [2.45, 2.75) is 50.2 Å². The van der Waals surface area contributed by atoms with E-state index in [1.807, 2.05) is 12.1 Å². The lowest BCUT2D eigenvalue weighted by Gasteiger charge is -2.40. The second-order valence-electron chi connectivity index (χ2n) is 8.49. The molecule has 0 radical (unpaired) electrons. The number of phenolic OH excluding ortho intramolecular Hbond substituents is 1. The van der Waals surface area contributed by atoms with Crippen LogP contribution in [0.5, 0.6) is 5.75 Å². The van der Waals surface area contributed by atoms with Gasteiger partial charge in [-0.2, -0.15) is 0 Å². The maximum absolute atomic E-state index is 13.5. The van der Waals surface area contributed by atoms with Crippen molar-refractivity contribution in [3.05, 3.63) is 65.5 Å². The van der Waals surface area contributed by atoms with E-state index in [1.54, 1.807) is 23.1 Å². The van der Waals surface area contributed by atoms with E-state index in [9.17, 15) is 19.4 Å². The first-order chi connectivity index (χ1) is 14.5. The summed E-state index contributed by atoms with van der Waals surface area (Å²) in [6, 6.07) is 14.8. The largest absolute Gasteiger partial charge is 0.508 e. The van der Waals surface area contributed by atoms with E-state index in [-0.39, 0.29) is 11.7 Å². The number of benzene rings is 2. The highest BCUT2D eigenvalue weighted by Crippen LogP contribution is 2.43. The summed E-state index contributed by atoms with van der Waals surface area (Å²) in [6.07, 6.45) is 4.41. The van der Waals surface area contributed by atoms with Crippen LogP contribution in [0.4, 0.5) is 4.39 Å². The van der Waals surface area contributed by atoms with Gasteiger partial charge in [-0.15, -0.1) is 0 Å². The van der Waals surface area contributed by atoms with Gasteiger partial charge in [-0.05, 0) is 67.0 Å². The van der Waals surface area contributed by atoms with Gasteiger partial charge >= 0.3 is 0 Å². The zero-order valence-corrected chi connectivity index (χ0v) is 17.1. The Morgan fingerprint density at radius 1 is 1.10 bits per heavy atom. The summed E-state index contributed by atoms with van der Waals surface area (Å²) in [5.41, 5.74) is 1.93. The molecule has 3 atom stereocenters. The fourth-order valence-corrected chi connectivity index (χ4v) is 5.17. The molecule has 2 bridgehead atoms. The Balaban J connectivity index is 1.39. The molecule has 0 aromatic heterocycles. The average molecular weight is 413 g/mol.